The molecule has 0 aromatic rings. The van der Waals surface area contributed by atoms with Gasteiger partial charge in [-0.25, -0.2) is 4.57 Å². The van der Waals surface area contributed by atoms with E-state index in [1.807, 2.05) is 0 Å². The van der Waals surface area contributed by atoms with Crippen LogP contribution < -0.4 is 5.73 Å². The fraction of sp³-hybridized carbons (Fsp3) is 0.558. The molecule has 488 valence electrons. The van der Waals surface area contributed by atoms with Crippen LogP contribution in [0.15, 0.2) is 194 Å². The minimum absolute atomic E-state index is 0.0359. The Morgan fingerprint density at radius 3 is 0.908 bits per heavy atom. The van der Waals surface area contributed by atoms with Gasteiger partial charge in [-0.2, -0.15) is 0 Å². The van der Waals surface area contributed by atoms with Gasteiger partial charge in [0, 0.05) is 19.4 Å². The van der Waals surface area contributed by atoms with Crippen molar-refractivity contribution in [1.82, 2.24) is 0 Å². The number of phosphoric ester groups is 1. The van der Waals surface area contributed by atoms with Crippen LogP contribution in [0.4, 0.5) is 0 Å². The monoisotopic (exact) mass is 1220 g/mol. The van der Waals surface area contributed by atoms with Crippen LogP contribution in [0, 0.1) is 0 Å². The minimum atomic E-state index is -4.42. The van der Waals surface area contributed by atoms with Gasteiger partial charge in [-0.05, 0) is 141 Å². The molecule has 2 unspecified atom stereocenters. The topological polar surface area (TPSA) is 134 Å². The molecule has 0 aromatic heterocycles. The highest BCUT2D eigenvalue weighted by atomic mass is 31.2. The molecule has 0 spiro atoms. The Balaban J connectivity index is 4.05. The van der Waals surface area contributed by atoms with Crippen LogP contribution in [-0.4, -0.2) is 49.3 Å². The molecule has 0 bridgehead atoms. The van der Waals surface area contributed by atoms with Crippen molar-refractivity contribution in [3.8, 4) is 0 Å². The molecule has 0 saturated carbocycles. The van der Waals surface area contributed by atoms with Gasteiger partial charge in [-0.1, -0.05) is 285 Å². The molecule has 87 heavy (non-hydrogen) atoms. The quantitative estimate of drug-likeness (QED) is 0.0264. The van der Waals surface area contributed by atoms with Crippen LogP contribution in [0.3, 0.4) is 0 Å². The van der Waals surface area contributed by atoms with Crippen LogP contribution in [0.5, 0.6) is 0 Å². The van der Waals surface area contributed by atoms with Gasteiger partial charge in [0.25, 0.3) is 0 Å². The Morgan fingerprint density at radius 2 is 0.598 bits per heavy atom. The lowest BCUT2D eigenvalue weighted by atomic mass is 10.0. The first-order valence-corrected chi connectivity index (χ1v) is 35.4. The molecule has 0 aromatic carbocycles. The first-order chi connectivity index (χ1) is 42.8. The van der Waals surface area contributed by atoms with E-state index in [0.29, 0.717) is 12.8 Å². The summed E-state index contributed by atoms with van der Waals surface area (Å²) in [6.07, 6.45) is 107. The maximum Gasteiger partial charge on any atom is 0.472 e. The first kappa shape index (κ1) is 81.8. The number of hydrogen-bond acceptors (Lipinski definition) is 8. The second-order valence-electron chi connectivity index (χ2n) is 21.6. The largest absolute Gasteiger partial charge is 0.472 e. The van der Waals surface area contributed by atoms with E-state index in [9.17, 15) is 19.0 Å². The predicted molar refractivity (Wildman–Crippen MR) is 375 cm³/mol. The van der Waals surface area contributed by atoms with Gasteiger partial charge in [-0.15, -0.1) is 0 Å². The van der Waals surface area contributed by atoms with Gasteiger partial charge in [0.05, 0.1) is 13.2 Å². The Bertz CT molecular complexity index is 2130. The second kappa shape index (κ2) is 69.9. The number of nitrogens with two attached hydrogens (primary N) is 1. The van der Waals surface area contributed by atoms with E-state index < -0.39 is 32.5 Å². The van der Waals surface area contributed by atoms with Gasteiger partial charge in [-0.3, -0.25) is 18.6 Å². The van der Waals surface area contributed by atoms with E-state index in [2.05, 4.69) is 208 Å². The van der Waals surface area contributed by atoms with E-state index >= 15 is 0 Å². The lowest BCUT2D eigenvalue weighted by Gasteiger charge is -2.19. The van der Waals surface area contributed by atoms with Crippen LogP contribution in [0.1, 0.15) is 245 Å². The number of carbonyl (C=O) groups is 2. The molecule has 0 aliphatic heterocycles. The van der Waals surface area contributed by atoms with Crippen molar-refractivity contribution < 1.29 is 37.6 Å². The molecule has 0 radical (unpaired) electrons. The fourth-order valence-electron chi connectivity index (χ4n) is 8.55. The minimum Gasteiger partial charge on any atom is -0.462 e. The number of hydrogen-bond donors (Lipinski definition) is 2. The lowest BCUT2D eigenvalue weighted by molar-refractivity contribution is -0.161. The summed E-state index contributed by atoms with van der Waals surface area (Å²) in [4.78, 5) is 35.3. The number of phosphoric acid groups is 1. The van der Waals surface area contributed by atoms with Crippen molar-refractivity contribution in [2.24, 2.45) is 5.73 Å². The number of ether oxygens (including phenoxy) is 2. The highest BCUT2D eigenvalue weighted by molar-refractivity contribution is 7.47. The Hall–Kier alpha value is -5.15. The van der Waals surface area contributed by atoms with Crippen molar-refractivity contribution in [3.63, 3.8) is 0 Å². The van der Waals surface area contributed by atoms with Gasteiger partial charge in [0.15, 0.2) is 6.10 Å². The molecule has 10 heteroatoms. The average Bonchev–Trinajstić information content (AvgIpc) is 3.64. The molecule has 2 atom stereocenters. The van der Waals surface area contributed by atoms with Crippen LogP contribution in [-0.2, 0) is 32.7 Å². The Labute approximate surface area is 532 Å². The zero-order valence-electron chi connectivity index (χ0n) is 54.7. The molecule has 0 fully saturated rings. The maximum atomic E-state index is 12.7. The molecular weight excluding hydrogens is 1100 g/mol. The number of allylic oxidation sites excluding steroid dienone is 32. The van der Waals surface area contributed by atoms with Gasteiger partial charge < -0.3 is 20.1 Å². The van der Waals surface area contributed by atoms with Crippen LogP contribution in [0.2, 0.25) is 0 Å². The summed E-state index contributed by atoms with van der Waals surface area (Å²) in [6, 6.07) is 0. The Kier molecular flexibility index (Phi) is 65.8. The van der Waals surface area contributed by atoms with Crippen molar-refractivity contribution in [2.75, 3.05) is 26.4 Å². The van der Waals surface area contributed by atoms with Crippen LogP contribution >= 0.6 is 7.82 Å². The summed E-state index contributed by atoms with van der Waals surface area (Å²) in [5.74, 6) is -0.892. The molecule has 0 saturated heterocycles. The third-order valence-corrected chi connectivity index (χ3v) is 14.5. The molecule has 0 heterocycles. The van der Waals surface area contributed by atoms with Gasteiger partial charge >= 0.3 is 19.8 Å². The van der Waals surface area contributed by atoms with Crippen LogP contribution in [0.25, 0.3) is 0 Å². The summed E-state index contributed by atoms with van der Waals surface area (Å²) in [6.45, 7) is 3.45. The third kappa shape index (κ3) is 69.8. The summed E-state index contributed by atoms with van der Waals surface area (Å²) < 4.78 is 33.1. The second-order valence-corrected chi connectivity index (χ2v) is 23.0. The van der Waals surface area contributed by atoms with Crippen molar-refractivity contribution in [2.45, 2.75) is 251 Å². The van der Waals surface area contributed by atoms with E-state index in [0.717, 1.165) is 135 Å². The SMILES string of the molecule is CC/C=C\C/C=C\C/C=C\C/C=C\C/C=C\C/C=C\C/C=C\C/C=C\C/C=C\C/C=C\CCCCC(=O)OC(COC(=O)CCCCCCCCCCCCCCCC/C=C\C/C=C\C/C=C\C/C=C\C/C=C\C/C=C\CC)COP(=O)(O)OCCN. The van der Waals surface area contributed by atoms with E-state index in [4.69, 9.17) is 24.3 Å². The average molecular weight is 1220 g/mol. The number of esters is 2. The molecule has 3 N–H and O–H groups in total. The molecule has 0 rings (SSSR count). The fourth-order valence-corrected chi connectivity index (χ4v) is 9.31. The zero-order chi connectivity index (χ0) is 63.0. The van der Waals surface area contributed by atoms with E-state index in [-0.39, 0.29) is 32.6 Å². The standard InChI is InChI=1S/C77H122NO8P/c1-3-5-7-9-11-13-15-17-19-21-23-25-27-29-31-33-35-37-39-41-43-45-47-49-51-53-55-57-59-61-63-65-67-69-76(79)83-73-75(74-85-87(81,82)84-72-71-78)86-77(80)70-68-66-64-62-60-58-56-54-52-50-48-46-44-42-40-38-36-34-32-30-28-26-24-22-20-18-16-14-12-10-8-6-4-2/h5-8,11-14,17-20,23-26,29-32,35-38,42,44,48,50,54,56,60,62,75H,3-4,9-10,15-16,21-22,27-28,33-34,39-41,43,45-47,49,51-53,55,57-59,61,63-74,78H2,1-2H3,(H,81,82)/b7-5-,8-6-,13-11-,14-12-,19-17-,20-18-,25-23-,26-24-,31-29-,32-30-,37-35-,38-36-,44-42-,50-48-,56-54-,62-60-. The zero-order valence-corrected chi connectivity index (χ0v) is 55.6. The van der Waals surface area contributed by atoms with Crippen molar-refractivity contribution in [3.05, 3.63) is 194 Å². The highest BCUT2D eigenvalue weighted by Crippen LogP contribution is 2.43. The first-order valence-electron chi connectivity index (χ1n) is 33.9. The lowest BCUT2D eigenvalue weighted by Crippen LogP contribution is -2.29. The molecular formula is C77H122NO8P. The third-order valence-electron chi connectivity index (χ3n) is 13.5. The van der Waals surface area contributed by atoms with Gasteiger partial charge in [0.2, 0.25) is 0 Å². The maximum absolute atomic E-state index is 12.7. The summed E-state index contributed by atoms with van der Waals surface area (Å²) in [5, 5.41) is 0. The van der Waals surface area contributed by atoms with Crippen molar-refractivity contribution >= 4 is 19.8 Å². The van der Waals surface area contributed by atoms with Crippen molar-refractivity contribution in [1.29, 1.82) is 0 Å². The molecule has 0 amide bonds. The Morgan fingerprint density at radius 1 is 0.345 bits per heavy atom. The van der Waals surface area contributed by atoms with E-state index in [1.165, 1.54) is 70.6 Å². The smallest absolute Gasteiger partial charge is 0.462 e. The normalized spacial score (nSPS) is 14.2. The summed E-state index contributed by atoms with van der Waals surface area (Å²) in [5.41, 5.74) is 5.39. The number of carbonyl (C=O) groups excluding carboxylic acids is 2. The molecule has 0 aliphatic rings. The number of unbranched alkanes of at least 4 members (excludes halogenated alkanes) is 16. The predicted octanol–water partition coefficient (Wildman–Crippen LogP) is 22.5. The van der Waals surface area contributed by atoms with E-state index in [1.54, 1.807) is 0 Å². The highest BCUT2D eigenvalue weighted by Gasteiger charge is 2.26. The number of rotatable bonds is 61. The molecule has 0 aliphatic carbocycles. The summed E-state index contributed by atoms with van der Waals surface area (Å²) >= 11 is 0. The van der Waals surface area contributed by atoms with Gasteiger partial charge in [0.1, 0.15) is 6.61 Å². The summed E-state index contributed by atoms with van der Waals surface area (Å²) in [7, 11) is -4.42. The molecule has 9 nitrogen and oxygen atoms in total.